The molecule has 0 aliphatic heterocycles. The van der Waals surface area contributed by atoms with Crippen LogP contribution in [-0.4, -0.2) is 32.6 Å². The summed E-state index contributed by atoms with van der Waals surface area (Å²) in [4.78, 5) is 2.17. The summed E-state index contributed by atoms with van der Waals surface area (Å²) in [5.41, 5.74) is 2.88. The molecule has 114 valence electrons. The average molecular weight is 295 g/mol. The van der Waals surface area contributed by atoms with E-state index in [1.807, 2.05) is 36.4 Å². The molecule has 2 rings (SSSR count). The van der Waals surface area contributed by atoms with Crippen LogP contribution in [0, 0.1) is 11.3 Å². The van der Waals surface area contributed by atoms with Gasteiger partial charge in [-0.2, -0.15) is 5.26 Å². The number of nitrogens with one attached hydrogen (secondary N) is 1. The second kappa shape index (κ2) is 7.48. The van der Waals surface area contributed by atoms with E-state index >= 15 is 0 Å². The SMILES string of the molecule is COc1cccc(C(CNc2ccc(C#N)cc2)N(C)C)c1. The van der Waals surface area contributed by atoms with Crippen molar-refractivity contribution >= 4 is 5.69 Å². The molecule has 2 aromatic carbocycles. The van der Waals surface area contributed by atoms with E-state index in [4.69, 9.17) is 10.00 Å². The van der Waals surface area contributed by atoms with E-state index in [0.29, 0.717) is 5.56 Å². The fourth-order valence-corrected chi connectivity index (χ4v) is 2.32. The van der Waals surface area contributed by atoms with Gasteiger partial charge in [0.1, 0.15) is 5.75 Å². The molecule has 22 heavy (non-hydrogen) atoms. The summed E-state index contributed by atoms with van der Waals surface area (Å²) in [7, 11) is 5.80. The van der Waals surface area contributed by atoms with Gasteiger partial charge in [0, 0.05) is 12.2 Å². The van der Waals surface area contributed by atoms with Crippen LogP contribution in [0.4, 0.5) is 5.69 Å². The zero-order chi connectivity index (χ0) is 15.9. The van der Waals surface area contributed by atoms with E-state index < -0.39 is 0 Å². The van der Waals surface area contributed by atoms with Crippen LogP contribution in [0.3, 0.4) is 0 Å². The molecule has 0 heterocycles. The number of nitriles is 1. The molecular formula is C18H21N3O. The zero-order valence-electron chi connectivity index (χ0n) is 13.2. The summed E-state index contributed by atoms with van der Waals surface area (Å²) in [6, 6.07) is 18.0. The first-order valence-electron chi connectivity index (χ1n) is 7.18. The fraction of sp³-hybridized carbons (Fsp3) is 0.278. The number of benzene rings is 2. The second-order valence-electron chi connectivity index (χ2n) is 5.33. The van der Waals surface area contributed by atoms with Crippen LogP contribution in [0.5, 0.6) is 5.75 Å². The van der Waals surface area contributed by atoms with E-state index in [0.717, 1.165) is 18.0 Å². The maximum absolute atomic E-state index is 8.83. The Balaban J connectivity index is 2.09. The Morgan fingerprint density at radius 2 is 1.91 bits per heavy atom. The lowest BCUT2D eigenvalue weighted by molar-refractivity contribution is 0.310. The molecule has 1 N–H and O–H groups in total. The van der Waals surface area contributed by atoms with Gasteiger partial charge in [-0.25, -0.2) is 0 Å². The van der Waals surface area contributed by atoms with Gasteiger partial charge in [0.05, 0.1) is 24.8 Å². The van der Waals surface area contributed by atoms with E-state index in [-0.39, 0.29) is 6.04 Å². The average Bonchev–Trinajstić information content (AvgIpc) is 2.55. The molecule has 1 unspecified atom stereocenters. The van der Waals surface area contributed by atoms with Crippen LogP contribution in [0.1, 0.15) is 17.2 Å². The van der Waals surface area contributed by atoms with Gasteiger partial charge in [-0.05, 0) is 56.1 Å². The largest absolute Gasteiger partial charge is 0.497 e. The van der Waals surface area contributed by atoms with Crippen molar-refractivity contribution in [3.8, 4) is 11.8 Å². The summed E-state index contributed by atoms with van der Waals surface area (Å²) < 4.78 is 5.30. The summed E-state index contributed by atoms with van der Waals surface area (Å²) in [6.45, 7) is 0.770. The van der Waals surface area contributed by atoms with Crippen molar-refractivity contribution in [3.63, 3.8) is 0 Å². The molecule has 2 aromatic rings. The number of anilines is 1. The highest BCUT2D eigenvalue weighted by atomic mass is 16.5. The van der Waals surface area contributed by atoms with Crippen molar-refractivity contribution < 1.29 is 4.74 Å². The van der Waals surface area contributed by atoms with Gasteiger partial charge in [-0.3, -0.25) is 0 Å². The Morgan fingerprint density at radius 3 is 2.50 bits per heavy atom. The number of ether oxygens (including phenoxy) is 1. The Hall–Kier alpha value is -2.51. The number of hydrogen-bond donors (Lipinski definition) is 1. The zero-order valence-corrected chi connectivity index (χ0v) is 13.2. The van der Waals surface area contributed by atoms with Gasteiger partial charge in [0.2, 0.25) is 0 Å². The van der Waals surface area contributed by atoms with Crippen molar-refractivity contribution in [1.29, 1.82) is 5.26 Å². The van der Waals surface area contributed by atoms with E-state index in [1.54, 1.807) is 7.11 Å². The maximum atomic E-state index is 8.83. The summed E-state index contributed by atoms with van der Waals surface area (Å²) in [5, 5.41) is 12.2. The Labute approximate surface area is 131 Å². The van der Waals surface area contributed by atoms with Crippen molar-refractivity contribution in [2.75, 3.05) is 33.1 Å². The Kier molecular flexibility index (Phi) is 5.40. The van der Waals surface area contributed by atoms with E-state index in [1.165, 1.54) is 5.56 Å². The highest BCUT2D eigenvalue weighted by Gasteiger charge is 2.14. The van der Waals surface area contributed by atoms with Crippen LogP contribution in [0.25, 0.3) is 0 Å². The van der Waals surface area contributed by atoms with Gasteiger partial charge >= 0.3 is 0 Å². The molecule has 4 heteroatoms. The standard InChI is InChI=1S/C18H21N3O/c1-21(2)18(15-5-4-6-17(11-15)22-3)13-20-16-9-7-14(12-19)8-10-16/h4-11,18,20H,13H2,1-3H3. The van der Waals surface area contributed by atoms with Crippen molar-refractivity contribution in [2.45, 2.75) is 6.04 Å². The quantitative estimate of drug-likeness (QED) is 0.888. The molecule has 4 nitrogen and oxygen atoms in total. The third-order valence-electron chi connectivity index (χ3n) is 3.62. The number of likely N-dealkylation sites (N-methyl/N-ethyl adjacent to an activating group) is 1. The number of nitrogens with zero attached hydrogens (tertiary/aromatic N) is 2. The summed E-state index contributed by atoms with van der Waals surface area (Å²) in [6.07, 6.45) is 0. The molecule has 0 saturated heterocycles. The highest BCUT2D eigenvalue weighted by Crippen LogP contribution is 2.23. The predicted octanol–water partition coefficient (Wildman–Crippen LogP) is 3.28. The predicted molar refractivity (Wildman–Crippen MR) is 89.1 cm³/mol. The molecule has 0 saturated carbocycles. The van der Waals surface area contributed by atoms with E-state index in [2.05, 4.69) is 42.5 Å². The van der Waals surface area contributed by atoms with Crippen LogP contribution in [-0.2, 0) is 0 Å². The summed E-state index contributed by atoms with van der Waals surface area (Å²) >= 11 is 0. The van der Waals surface area contributed by atoms with Crippen LogP contribution in [0.2, 0.25) is 0 Å². The maximum Gasteiger partial charge on any atom is 0.119 e. The fourth-order valence-electron chi connectivity index (χ4n) is 2.32. The lowest BCUT2D eigenvalue weighted by Crippen LogP contribution is -2.26. The topological polar surface area (TPSA) is 48.3 Å². The molecule has 0 aliphatic carbocycles. The number of rotatable bonds is 6. The molecular weight excluding hydrogens is 274 g/mol. The molecule has 1 atom stereocenters. The monoisotopic (exact) mass is 295 g/mol. The first-order valence-corrected chi connectivity index (χ1v) is 7.18. The lowest BCUT2D eigenvalue weighted by Gasteiger charge is -2.26. The molecule has 0 aliphatic rings. The molecule has 0 aromatic heterocycles. The first kappa shape index (κ1) is 15.9. The lowest BCUT2D eigenvalue weighted by atomic mass is 10.1. The van der Waals surface area contributed by atoms with Gasteiger partial charge in [0.25, 0.3) is 0 Å². The Morgan fingerprint density at radius 1 is 1.18 bits per heavy atom. The molecule has 0 bridgehead atoms. The first-order chi connectivity index (χ1) is 10.6. The van der Waals surface area contributed by atoms with Gasteiger partial charge in [-0.1, -0.05) is 12.1 Å². The molecule has 0 amide bonds. The Bertz CT molecular complexity index is 644. The van der Waals surface area contributed by atoms with Gasteiger partial charge < -0.3 is 15.0 Å². The third kappa shape index (κ3) is 4.00. The van der Waals surface area contributed by atoms with Crippen molar-refractivity contribution in [2.24, 2.45) is 0 Å². The van der Waals surface area contributed by atoms with E-state index in [9.17, 15) is 0 Å². The van der Waals surface area contributed by atoms with Gasteiger partial charge in [-0.15, -0.1) is 0 Å². The van der Waals surface area contributed by atoms with Crippen LogP contribution < -0.4 is 10.1 Å². The van der Waals surface area contributed by atoms with Crippen molar-refractivity contribution in [1.82, 2.24) is 4.90 Å². The normalized spacial score (nSPS) is 11.8. The minimum absolute atomic E-state index is 0.228. The third-order valence-corrected chi connectivity index (χ3v) is 3.62. The minimum atomic E-state index is 0.228. The van der Waals surface area contributed by atoms with Crippen molar-refractivity contribution in [3.05, 3.63) is 59.7 Å². The number of hydrogen-bond acceptors (Lipinski definition) is 4. The molecule has 0 fully saturated rings. The van der Waals surface area contributed by atoms with Crippen LogP contribution in [0.15, 0.2) is 48.5 Å². The molecule has 0 radical (unpaired) electrons. The molecule has 0 spiro atoms. The highest BCUT2D eigenvalue weighted by molar-refractivity contribution is 5.47. The van der Waals surface area contributed by atoms with Gasteiger partial charge in [0.15, 0.2) is 0 Å². The summed E-state index contributed by atoms with van der Waals surface area (Å²) in [5.74, 6) is 0.864. The smallest absolute Gasteiger partial charge is 0.119 e. The minimum Gasteiger partial charge on any atom is -0.497 e. The second-order valence-corrected chi connectivity index (χ2v) is 5.33. The van der Waals surface area contributed by atoms with Crippen LogP contribution >= 0.6 is 0 Å². The number of methoxy groups -OCH3 is 1.